The number of rotatable bonds is 4. The van der Waals surface area contributed by atoms with Crippen LogP contribution in [-0.4, -0.2) is 7.28 Å². The van der Waals surface area contributed by atoms with Crippen LogP contribution in [-0.2, 0) is 37.9 Å². The van der Waals surface area contributed by atoms with E-state index >= 15 is 0 Å². The molecule has 1 N–H and O–H groups in total. The standard InChI is InChI=1S/C64H75BN2/c1-38-30-44(43-34-48-42(41-18-16-17-19-45(41)64(48,14)15)35-54(43)66-39-20-22-46-49(32-39)60(6,7)26-24-58(46,2)3)57-56(31-38)67(40-21-23-47-50(33-40)61(8,9)27-25-59(47,4)5)55-37-52-51(36-53(55)65-57)62(10,11)28-29-63(52,12)13/h16-23,30-37,65-66H,24-29H2,1-15H3. The number of hydrogen-bond acceptors (Lipinski definition) is 2. The fourth-order valence-corrected chi connectivity index (χ4v) is 13.6. The molecular weight excluding hydrogens is 808 g/mol. The van der Waals surface area contributed by atoms with Crippen molar-refractivity contribution in [3.05, 3.63) is 147 Å². The fourth-order valence-electron chi connectivity index (χ4n) is 13.6. The molecule has 1 aliphatic heterocycles. The van der Waals surface area contributed by atoms with Crippen molar-refractivity contribution >= 4 is 46.6 Å². The Bertz CT molecular complexity index is 3080. The third-order valence-electron chi connectivity index (χ3n) is 18.5. The molecule has 6 aromatic carbocycles. The highest BCUT2D eigenvalue weighted by Gasteiger charge is 2.43. The lowest BCUT2D eigenvalue weighted by Gasteiger charge is -2.45. The molecule has 344 valence electrons. The maximum Gasteiger partial charge on any atom is 0.198 e. The van der Waals surface area contributed by atoms with E-state index in [1.54, 1.807) is 0 Å². The van der Waals surface area contributed by atoms with Gasteiger partial charge in [0.25, 0.3) is 0 Å². The highest BCUT2D eigenvalue weighted by Crippen LogP contribution is 2.55. The molecule has 0 amide bonds. The molecule has 0 fully saturated rings. The molecule has 0 radical (unpaired) electrons. The maximum atomic E-state index is 4.16. The number of nitrogens with zero attached hydrogens (tertiary/aromatic N) is 1. The van der Waals surface area contributed by atoms with Crippen molar-refractivity contribution in [1.29, 1.82) is 0 Å². The molecule has 0 aromatic heterocycles. The summed E-state index contributed by atoms with van der Waals surface area (Å²) >= 11 is 0. The molecule has 0 spiro atoms. The number of anilines is 5. The van der Waals surface area contributed by atoms with E-state index in [0.29, 0.717) is 0 Å². The summed E-state index contributed by atoms with van der Waals surface area (Å²) < 4.78 is 0. The minimum absolute atomic E-state index is 0.0962. The lowest BCUT2D eigenvalue weighted by Crippen LogP contribution is -2.44. The topological polar surface area (TPSA) is 15.3 Å². The first-order valence-electron chi connectivity index (χ1n) is 25.8. The zero-order valence-electron chi connectivity index (χ0n) is 43.6. The van der Waals surface area contributed by atoms with Crippen LogP contribution in [0.15, 0.2) is 97.1 Å². The van der Waals surface area contributed by atoms with Crippen LogP contribution in [0.2, 0.25) is 0 Å². The second-order valence-electron chi connectivity index (χ2n) is 26.4. The lowest BCUT2D eigenvalue weighted by molar-refractivity contribution is 0.332. The molecule has 1 heterocycles. The van der Waals surface area contributed by atoms with Gasteiger partial charge in [0, 0.05) is 39.4 Å². The molecule has 6 aromatic rings. The van der Waals surface area contributed by atoms with Gasteiger partial charge in [-0.2, -0.15) is 0 Å². The average molecular weight is 883 g/mol. The minimum atomic E-state index is -0.135. The van der Waals surface area contributed by atoms with Gasteiger partial charge in [-0.15, -0.1) is 0 Å². The van der Waals surface area contributed by atoms with E-state index in [2.05, 4.69) is 211 Å². The van der Waals surface area contributed by atoms with Crippen LogP contribution in [0.4, 0.5) is 28.4 Å². The Morgan fingerprint density at radius 1 is 0.418 bits per heavy atom. The van der Waals surface area contributed by atoms with Crippen LogP contribution in [0.5, 0.6) is 0 Å². The summed E-state index contributed by atoms with van der Waals surface area (Å²) in [6.07, 6.45) is 7.20. The van der Waals surface area contributed by atoms with Crippen molar-refractivity contribution in [1.82, 2.24) is 0 Å². The fraction of sp³-hybridized carbons (Fsp3) is 0.438. The molecule has 0 bridgehead atoms. The number of fused-ring (bicyclic) bond motifs is 8. The monoisotopic (exact) mass is 883 g/mol. The minimum Gasteiger partial charge on any atom is -0.355 e. The normalized spacial score (nSPS) is 21.0. The number of aryl methyl sites for hydroxylation is 1. The van der Waals surface area contributed by atoms with E-state index in [0.717, 1.165) is 7.28 Å². The first-order valence-corrected chi connectivity index (χ1v) is 25.8. The van der Waals surface area contributed by atoms with Crippen LogP contribution in [0, 0.1) is 6.92 Å². The first-order chi connectivity index (χ1) is 31.3. The Morgan fingerprint density at radius 2 is 0.955 bits per heavy atom. The van der Waals surface area contributed by atoms with Crippen LogP contribution >= 0.6 is 0 Å². The molecule has 0 saturated heterocycles. The summed E-state index contributed by atoms with van der Waals surface area (Å²) in [5.74, 6) is 0. The van der Waals surface area contributed by atoms with E-state index in [1.807, 2.05) is 0 Å². The van der Waals surface area contributed by atoms with Crippen molar-refractivity contribution in [2.24, 2.45) is 0 Å². The Hall–Kier alpha value is -5.02. The van der Waals surface area contributed by atoms with Gasteiger partial charge in [-0.3, -0.25) is 0 Å². The zero-order chi connectivity index (χ0) is 47.6. The molecule has 11 rings (SSSR count). The predicted molar refractivity (Wildman–Crippen MR) is 291 cm³/mol. The largest absolute Gasteiger partial charge is 0.355 e. The molecular formula is C64H75BN2. The Labute approximate surface area is 404 Å². The van der Waals surface area contributed by atoms with Crippen LogP contribution in [0.3, 0.4) is 0 Å². The quantitative estimate of drug-likeness (QED) is 0.177. The summed E-state index contributed by atoms with van der Waals surface area (Å²) in [6, 6.07) is 39.3. The molecule has 0 unspecified atom stereocenters. The molecule has 5 aliphatic rings. The van der Waals surface area contributed by atoms with Crippen molar-refractivity contribution < 1.29 is 0 Å². The number of nitrogens with one attached hydrogen (secondary N) is 1. The maximum absolute atomic E-state index is 4.16. The molecule has 67 heavy (non-hydrogen) atoms. The van der Waals surface area contributed by atoms with Gasteiger partial charge in [0.1, 0.15) is 0 Å². The summed E-state index contributed by atoms with van der Waals surface area (Å²) in [4.78, 5) is 2.69. The van der Waals surface area contributed by atoms with E-state index < -0.39 is 0 Å². The SMILES string of the molecule is Cc1cc(-c2cc3c(cc2Nc2ccc4c(c2)C(C)(C)CCC4(C)C)-c2ccccc2C3(C)C)c2c(c1)N(c1ccc3c(c1)C(C)(C)CCC3(C)C)c1cc3c(cc1B2)C(C)(C)CCC3(C)C. The highest BCUT2D eigenvalue weighted by atomic mass is 15.2. The van der Waals surface area contributed by atoms with Gasteiger partial charge in [0.15, 0.2) is 7.28 Å². The lowest BCUT2D eigenvalue weighted by atomic mass is 9.55. The number of benzene rings is 6. The van der Waals surface area contributed by atoms with Crippen molar-refractivity contribution in [2.75, 3.05) is 10.2 Å². The van der Waals surface area contributed by atoms with Gasteiger partial charge in [0.05, 0.1) is 0 Å². The van der Waals surface area contributed by atoms with Crippen molar-refractivity contribution in [3.8, 4) is 22.3 Å². The summed E-state index contributed by atoms with van der Waals surface area (Å²) in [5.41, 5.74) is 28.2. The van der Waals surface area contributed by atoms with E-state index in [-0.39, 0.29) is 37.9 Å². The summed E-state index contributed by atoms with van der Waals surface area (Å²) in [5, 5.41) is 4.16. The van der Waals surface area contributed by atoms with Crippen LogP contribution in [0.25, 0.3) is 22.3 Å². The third kappa shape index (κ3) is 6.77. The molecule has 0 atom stereocenters. The van der Waals surface area contributed by atoms with Crippen LogP contribution < -0.4 is 21.1 Å². The zero-order valence-corrected chi connectivity index (χ0v) is 43.6. The number of hydrogen-bond donors (Lipinski definition) is 1. The van der Waals surface area contributed by atoms with Gasteiger partial charge in [-0.25, -0.2) is 0 Å². The highest BCUT2D eigenvalue weighted by molar-refractivity contribution is 6.73. The van der Waals surface area contributed by atoms with E-state index in [9.17, 15) is 0 Å². The van der Waals surface area contributed by atoms with E-state index in [4.69, 9.17) is 0 Å². The predicted octanol–water partition coefficient (Wildman–Crippen LogP) is 15.9. The first kappa shape index (κ1) is 44.5. The second kappa shape index (κ2) is 14.3. The second-order valence-corrected chi connectivity index (χ2v) is 26.4. The molecule has 3 heteroatoms. The van der Waals surface area contributed by atoms with Crippen molar-refractivity contribution in [3.63, 3.8) is 0 Å². The van der Waals surface area contributed by atoms with Gasteiger partial charge in [0.2, 0.25) is 0 Å². The molecule has 2 nitrogen and oxygen atoms in total. The third-order valence-corrected chi connectivity index (χ3v) is 18.5. The summed E-state index contributed by atoms with van der Waals surface area (Å²) in [7, 11) is 0.881. The smallest absolute Gasteiger partial charge is 0.198 e. The molecule has 4 aliphatic carbocycles. The Kier molecular flexibility index (Phi) is 9.48. The van der Waals surface area contributed by atoms with Crippen LogP contribution in [0.1, 0.15) is 186 Å². The molecule has 0 saturated carbocycles. The Balaban J connectivity index is 1.17. The van der Waals surface area contributed by atoms with Gasteiger partial charge < -0.3 is 10.2 Å². The van der Waals surface area contributed by atoms with Gasteiger partial charge >= 0.3 is 0 Å². The van der Waals surface area contributed by atoms with Crippen molar-refractivity contribution in [2.45, 2.75) is 180 Å². The van der Waals surface area contributed by atoms with E-state index in [1.165, 1.54) is 150 Å². The Morgan fingerprint density at radius 3 is 1.58 bits per heavy atom. The van der Waals surface area contributed by atoms with Gasteiger partial charge in [-0.1, -0.05) is 151 Å². The summed E-state index contributed by atoms with van der Waals surface area (Å²) in [6.45, 7) is 36.7. The van der Waals surface area contributed by atoms with Gasteiger partial charge in [-0.05, 0) is 199 Å². The average Bonchev–Trinajstić information content (AvgIpc) is 3.49.